The maximum atomic E-state index is 2.39. The Kier molecular flexibility index (Phi) is 14.2. The number of hydrogen-bond acceptors (Lipinski definition) is 0. The minimum absolute atomic E-state index is 0. The van der Waals surface area contributed by atoms with Gasteiger partial charge < -0.3 is 37.2 Å². The second-order valence-electron chi connectivity index (χ2n) is 9.24. The summed E-state index contributed by atoms with van der Waals surface area (Å²) < 4.78 is 0. The molecule has 0 amide bonds. The predicted octanol–water partition coefficient (Wildman–Crippen LogP) is -2.37. The van der Waals surface area contributed by atoms with Gasteiger partial charge in [-0.1, -0.05) is 109 Å². The van der Waals surface area contributed by atoms with E-state index in [2.05, 4.69) is 115 Å². The zero-order valence-corrected chi connectivity index (χ0v) is 27.0. The van der Waals surface area contributed by atoms with Gasteiger partial charge in [0.05, 0.1) is 0 Å². The summed E-state index contributed by atoms with van der Waals surface area (Å²) in [5.41, 5.74) is 14.4. The summed E-state index contributed by atoms with van der Waals surface area (Å²) in [7, 11) is -1.01. The van der Waals surface area contributed by atoms with Gasteiger partial charge in [0, 0.05) is 0 Å². The topological polar surface area (TPSA) is 0 Å². The molecule has 5 heteroatoms. The first kappa shape index (κ1) is 34.8. The maximum absolute atomic E-state index is 2.39. The molecular weight excluding hydrogens is 555 g/mol. The molecule has 0 aliphatic heterocycles. The largest absolute Gasteiger partial charge is 4.00 e. The van der Waals surface area contributed by atoms with Crippen molar-refractivity contribution in [2.75, 3.05) is 0 Å². The van der Waals surface area contributed by atoms with Crippen molar-refractivity contribution in [1.29, 1.82) is 0 Å². The normalized spacial score (nSPS) is 10.1. The molecule has 36 heavy (non-hydrogen) atoms. The molecule has 0 aliphatic rings. The van der Waals surface area contributed by atoms with Crippen LogP contribution in [-0.4, -0.2) is 8.80 Å². The first-order valence-electron chi connectivity index (χ1n) is 11.6. The summed E-state index contributed by atoms with van der Waals surface area (Å²) in [5.74, 6) is 0. The van der Waals surface area contributed by atoms with E-state index < -0.39 is 8.80 Å². The Balaban J connectivity index is 0.00000306. The molecule has 0 saturated carbocycles. The Bertz CT molecular complexity index is 1230. The fraction of sp³-hybridized carbons (Fsp3) is 0.258. The van der Waals surface area contributed by atoms with Crippen LogP contribution in [0, 0.1) is 48.5 Å². The van der Waals surface area contributed by atoms with E-state index in [9.17, 15) is 0 Å². The van der Waals surface area contributed by atoms with Gasteiger partial charge in [-0.05, 0) is 49.9 Å². The van der Waals surface area contributed by atoms with Gasteiger partial charge in [-0.15, -0.1) is 16.7 Å². The van der Waals surface area contributed by atoms with Crippen molar-refractivity contribution in [3.8, 4) is 11.1 Å². The second-order valence-corrected chi connectivity index (χ2v) is 11.6. The molecule has 0 atom stereocenters. The molecule has 0 fully saturated rings. The van der Waals surface area contributed by atoms with E-state index >= 15 is 0 Å². The van der Waals surface area contributed by atoms with Gasteiger partial charge in [-0.25, -0.2) is 0 Å². The number of aryl methyl sites for hydroxylation is 2. The molecule has 0 spiro atoms. The fourth-order valence-corrected chi connectivity index (χ4v) is 8.35. The minimum atomic E-state index is -1.01. The second kappa shape index (κ2) is 14.7. The van der Waals surface area contributed by atoms with Gasteiger partial charge >= 0.3 is 21.7 Å². The van der Waals surface area contributed by atoms with E-state index in [4.69, 9.17) is 0 Å². The van der Waals surface area contributed by atoms with E-state index in [-0.39, 0.29) is 58.9 Å². The minimum Gasteiger partial charge on any atom is -1.00 e. The van der Waals surface area contributed by atoms with Crippen molar-refractivity contribution in [2.24, 2.45) is 0 Å². The van der Waals surface area contributed by atoms with Crippen LogP contribution in [0.15, 0.2) is 66.7 Å². The zero-order valence-electron chi connectivity index (χ0n) is 22.2. The van der Waals surface area contributed by atoms with Crippen LogP contribution in [0.1, 0.15) is 44.5 Å². The average molecular weight is 589 g/mol. The third-order valence-corrected chi connectivity index (χ3v) is 10.6. The van der Waals surface area contributed by atoms with E-state index in [0.717, 1.165) is 6.04 Å². The molecule has 0 bridgehead atoms. The Morgan fingerprint density at radius 3 is 1.50 bits per heavy atom. The van der Waals surface area contributed by atoms with Gasteiger partial charge in [0.15, 0.2) is 0 Å². The third-order valence-electron chi connectivity index (χ3n) is 7.53. The molecule has 0 unspecified atom stereocenters. The van der Waals surface area contributed by atoms with E-state index in [1.165, 1.54) is 50.1 Å². The van der Waals surface area contributed by atoms with Crippen LogP contribution in [0.5, 0.6) is 0 Å². The summed E-state index contributed by atoms with van der Waals surface area (Å²) in [5, 5.41) is 3.11. The third kappa shape index (κ3) is 6.62. The molecule has 187 valence electrons. The van der Waals surface area contributed by atoms with Gasteiger partial charge in [-0.3, -0.25) is 0 Å². The Labute approximate surface area is 253 Å². The summed E-state index contributed by atoms with van der Waals surface area (Å²) in [6.45, 7) is 16.0. The fourth-order valence-electron chi connectivity index (χ4n) is 4.99. The SMILES string of the molecule is Cc1cccc([Si](C[c-]2c(C)c(C)c(C)c2-c2ccccc2)c2cccc(C)c2C)c1C.[Cl-].[Cl-].[Cl-].[Ti+4]. The van der Waals surface area contributed by atoms with Crippen LogP contribution in [0.25, 0.3) is 11.1 Å². The number of hydrogen-bond donors (Lipinski definition) is 0. The van der Waals surface area contributed by atoms with Gasteiger partial charge in [0.1, 0.15) is 8.80 Å². The predicted molar refractivity (Wildman–Crippen MR) is 142 cm³/mol. The monoisotopic (exact) mass is 587 g/mol. The smallest absolute Gasteiger partial charge is 1.00 e. The molecule has 0 N–H and O–H groups in total. The van der Waals surface area contributed by atoms with Crippen molar-refractivity contribution in [3.05, 3.63) is 111 Å². The van der Waals surface area contributed by atoms with Gasteiger partial charge in [-0.2, -0.15) is 11.1 Å². The van der Waals surface area contributed by atoms with Crippen molar-refractivity contribution < 1.29 is 58.9 Å². The van der Waals surface area contributed by atoms with Crippen LogP contribution in [0.3, 0.4) is 0 Å². The molecule has 4 rings (SSSR count). The number of benzene rings is 3. The first-order chi connectivity index (χ1) is 15.3. The molecular formula is C31H34Cl3SiTi. The molecule has 4 aromatic carbocycles. The van der Waals surface area contributed by atoms with Crippen molar-refractivity contribution in [3.63, 3.8) is 0 Å². The Morgan fingerprint density at radius 1 is 0.556 bits per heavy atom. The summed E-state index contributed by atoms with van der Waals surface area (Å²) in [6, 6.07) is 25.9. The molecule has 1 radical (unpaired) electrons. The molecule has 0 aromatic heterocycles. The first-order valence-corrected chi connectivity index (χ1v) is 13.3. The van der Waals surface area contributed by atoms with E-state index in [1.54, 1.807) is 15.9 Å². The number of halogens is 3. The number of rotatable bonds is 5. The average Bonchev–Trinajstić information content (AvgIpc) is 3.00. The quantitative estimate of drug-likeness (QED) is 0.181. The van der Waals surface area contributed by atoms with Crippen molar-refractivity contribution in [2.45, 2.75) is 54.5 Å². The van der Waals surface area contributed by atoms with Crippen molar-refractivity contribution in [1.82, 2.24) is 0 Å². The molecule has 0 heterocycles. The standard InChI is InChI=1S/C31H34Si.3ClH.Ti/c1-20-13-11-17-29(22(20)3)32(30-18-12-14-21(2)23(30)4)19-28-25(6)24(5)26(7)31(28)27-15-9-8-10-16-27;;;;/h8-18H,19H2,1-7H3;3*1H;/q-1;;;;+4/p-3. The van der Waals surface area contributed by atoms with Crippen LogP contribution < -0.4 is 47.6 Å². The van der Waals surface area contributed by atoms with Crippen LogP contribution >= 0.6 is 0 Å². The zero-order chi connectivity index (χ0) is 23.0. The summed E-state index contributed by atoms with van der Waals surface area (Å²) in [6.07, 6.45) is 0. The Hall–Kier alpha value is -1.19. The summed E-state index contributed by atoms with van der Waals surface area (Å²) in [4.78, 5) is 0. The van der Waals surface area contributed by atoms with Crippen LogP contribution in [0.2, 0.25) is 0 Å². The van der Waals surface area contributed by atoms with Gasteiger partial charge in [0.2, 0.25) is 0 Å². The van der Waals surface area contributed by atoms with Crippen LogP contribution in [0.4, 0.5) is 0 Å². The molecule has 0 nitrogen and oxygen atoms in total. The molecule has 4 aromatic rings. The van der Waals surface area contributed by atoms with E-state index in [1.807, 2.05) is 0 Å². The van der Waals surface area contributed by atoms with Crippen LogP contribution in [-0.2, 0) is 27.8 Å². The van der Waals surface area contributed by atoms with E-state index in [0.29, 0.717) is 0 Å². The van der Waals surface area contributed by atoms with Crippen molar-refractivity contribution >= 4 is 19.2 Å². The van der Waals surface area contributed by atoms with Gasteiger partial charge in [0.25, 0.3) is 0 Å². The maximum Gasteiger partial charge on any atom is 4.00 e. The summed E-state index contributed by atoms with van der Waals surface area (Å²) >= 11 is 0. The Morgan fingerprint density at radius 2 is 1.03 bits per heavy atom. The molecule has 0 aliphatic carbocycles. The molecule has 0 saturated heterocycles.